The van der Waals surface area contributed by atoms with Gasteiger partial charge in [0.1, 0.15) is 10.8 Å². The Hall–Kier alpha value is -4.57. The Kier molecular flexibility index (Phi) is 6.89. The first-order valence-electron chi connectivity index (χ1n) is 12.0. The number of H-pyrrole nitrogens is 1. The van der Waals surface area contributed by atoms with Crippen LogP contribution in [0.15, 0.2) is 61.2 Å². The highest BCUT2D eigenvalue weighted by molar-refractivity contribution is 7.20. The van der Waals surface area contributed by atoms with Crippen molar-refractivity contribution >= 4 is 44.9 Å². The van der Waals surface area contributed by atoms with Crippen LogP contribution in [0.1, 0.15) is 28.5 Å². The van der Waals surface area contributed by atoms with E-state index in [9.17, 15) is 9.59 Å². The number of thiophene rings is 1. The second-order valence-electron chi connectivity index (χ2n) is 8.65. The second kappa shape index (κ2) is 10.4. The topological polar surface area (TPSA) is 110 Å². The zero-order valence-corrected chi connectivity index (χ0v) is 22.2. The summed E-state index contributed by atoms with van der Waals surface area (Å²) in [5, 5.41) is 7.09. The highest BCUT2D eigenvalue weighted by Crippen LogP contribution is 2.42. The third-order valence-corrected chi connectivity index (χ3v) is 7.35. The summed E-state index contributed by atoms with van der Waals surface area (Å²) in [6.45, 7) is 5.74. The molecule has 0 atom stereocenters. The number of rotatable bonds is 7. The molecule has 3 heterocycles. The summed E-state index contributed by atoms with van der Waals surface area (Å²) in [5.41, 5.74) is 5.24. The number of nitrogens with zero attached hydrogens (tertiary/aromatic N) is 2. The van der Waals surface area contributed by atoms with Crippen LogP contribution in [0.3, 0.4) is 0 Å². The number of hydrogen-bond donors (Lipinski definition) is 3. The van der Waals surface area contributed by atoms with Crippen LogP contribution in [0, 0.1) is 13.8 Å². The zero-order chi connectivity index (χ0) is 26.8. The molecule has 0 radical (unpaired) electrons. The molecule has 5 rings (SSSR count). The average molecular weight is 530 g/mol. The van der Waals surface area contributed by atoms with Crippen LogP contribution in [-0.2, 0) is 4.74 Å². The lowest BCUT2D eigenvalue weighted by Crippen LogP contribution is -2.20. The summed E-state index contributed by atoms with van der Waals surface area (Å²) in [4.78, 5) is 34.1. The number of carbonyl (C=O) groups is 2. The van der Waals surface area contributed by atoms with Gasteiger partial charge in [0.15, 0.2) is 0 Å². The van der Waals surface area contributed by atoms with E-state index in [0.29, 0.717) is 27.6 Å². The molecule has 5 aromatic rings. The normalized spacial score (nSPS) is 10.9. The van der Waals surface area contributed by atoms with Crippen LogP contribution in [0.5, 0.6) is 5.75 Å². The van der Waals surface area contributed by atoms with E-state index in [-0.39, 0.29) is 6.61 Å². The lowest BCUT2D eigenvalue weighted by molar-refractivity contribution is 0.0527. The molecule has 10 heteroatoms. The van der Waals surface area contributed by atoms with Crippen molar-refractivity contribution in [1.82, 2.24) is 14.5 Å². The van der Waals surface area contributed by atoms with E-state index in [4.69, 9.17) is 9.47 Å². The van der Waals surface area contributed by atoms with Gasteiger partial charge >= 0.3 is 12.0 Å². The number of aryl methyl sites for hydroxylation is 1. The number of imidazole rings is 1. The van der Waals surface area contributed by atoms with E-state index in [1.165, 1.54) is 11.3 Å². The quantitative estimate of drug-likeness (QED) is 0.208. The SMILES string of the molecule is CCOC(=O)c1c(NC(=O)Nc2ccc3[nH]ccc3c2)sc(-c2ccc(-n3cnc(C)c3)c(OC)c2)c1C. The summed E-state index contributed by atoms with van der Waals surface area (Å²) in [6.07, 6.45) is 5.49. The molecule has 0 fully saturated rings. The Morgan fingerprint density at radius 3 is 2.68 bits per heavy atom. The molecule has 0 aliphatic rings. The van der Waals surface area contributed by atoms with Crippen LogP contribution in [0.2, 0.25) is 0 Å². The van der Waals surface area contributed by atoms with E-state index in [0.717, 1.165) is 32.7 Å². The van der Waals surface area contributed by atoms with Crippen molar-refractivity contribution < 1.29 is 19.1 Å². The molecule has 0 aliphatic heterocycles. The minimum atomic E-state index is -0.492. The van der Waals surface area contributed by atoms with E-state index < -0.39 is 12.0 Å². The largest absolute Gasteiger partial charge is 0.495 e. The number of ether oxygens (including phenoxy) is 2. The van der Waals surface area contributed by atoms with Crippen molar-refractivity contribution in [2.45, 2.75) is 20.8 Å². The molecule has 0 unspecified atom stereocenters. The van der Waals surface area contributed by atoms with Crippen LogP contribution < -0.4 is 15.4 Å². The first kappa shape index (κ1) is 25.1. The summed E-state index contributed by atoms with van der Waals surface area (Å²) < 4.78 is 12.9. The Morgan fingerprint density at radius 1 is 1.11 bits per heavy atom. The van der Waals surface area contributed by atoms with E-state index in [2.05, 4.69) is 20.6 Å². The molecule has 0 aliphatic carbocycles. The molecular weight excluding hydrogens is 502 g/mol. The molecule has 194 valence electrons. The number of fused-ring (bicyclic) bond motifs is 1. The van der Waals surface area contributed by atoms with Gasteiger partial charge in [-0.15, -0.1) is 11.3 Å². The Labute approximate surface area is 223 Å². The Bertz CT molecular complexity index is 1650. The van der Waals surface area contributed by atoms with Gasteiger partial charge in [-0.25, -0.2) is 14.6 Å². The van der Waals surface area contributed by atoms with E-state index in [1.807, 2.05) is 73.3 Å². The van der Waals surface area contributed by atoms with Crippen molar-refractivity contribution in [3.63, 3.8) is 0 Å². The molecule has 2 aromatic carbocycles. The fraction of sp³-hybridized carbons (Fsp3) is 0.179. The van der Waals surface area contributed by atoms with E-state index >= 15 is 0 Å². The molecule has 3 N–H and O–H groups in total. The summed E-state index contributed by atoms with van der Waals surface area (Å²) in [5.74, 6) is 0.159. The molecule has 2 amide bonds. The highest BCUT2D eigenvalue weighted by atomic mass is 32.1. The molecule has 0 saturated heterocycles. The predicted octanol–water partition coefficient (Wildman–Crippen LogP) is 6.53. The lowest BCUT2D eigenvalue weighted by Gasteiger charge is -2.11. The number of esters is 1. The third-order valence-electron chi connectivity index (χ3n) is 6.10. The number of anilines is 2. The number of amides is 2. The maximum absolute atomic E-state index is 12.9. The number of urea groups is 1. The smallest absolute Gasteiger partial charge is 0.341 e. The van der Waals surface area contributed by atoms with Gasteiger partial charge in [-0.1, -0.05) is 6.07 Å². The molecule has 0 spiro atoms. The lowest BCUT2D eigenvalue weighted by atomic mass is 10.1. The number of aromatic amines is 1. The van der Waals surface area contributed by atoms with Crippen LogP contribution in [-0.4, -0.2) is 40.3 Å². The Balaban J connectivity index is 1.48. The second-order valence-corrected chi connectivity index (χ2v) is 9.67. The van der Waals surface area contributed by atoms with Crippen LogP contribution >= 0.6 is 11.3 Å². The van der Waals surface area contributed by atoms with Gasteiger partial charge in [-0.05, 0) is 68.3 Å². The third kappa shape index (κ3) is 4.85. The summed E-state index contributed by atoms with van der Waals surface area (Å²) >= 11 is 1.31. The van der Waals surface area contributed by atoms with Gasteiger partial charge in [0.05, 0.1) is 37.0 Å². The van der Waals surface area contributed by atoms with Crippen molar-refractivity contribution in [2.75, 3.05) is 24.4 Å². The monoisotopic (exact) mass is 529 g/mol. The van der Waals surface area contributed by atoms with Gasteiger partial charge in [0.25, 0.3) is 0 Å². The van der Waals surface area contributed by atoms with Gasteiger partial charge in [0, 0.05) is 33.9 Å². The van der Waals surface area contributed by atoms with Crippen molar-refractivity contribution in [1.29, 1.82) is 0 Å². The Morgan fingerprint density at radius 2 is 1.95 bits per heavy atom. The fourth-order valence-electron chi connectivity index (χ4n) is 4.31. The van der Waals surface area contributed by atoms with Crippen LogP contribution in [0.4, 0.5) is 15.5 Å². The molecule has 3 aromatic heterocycles. The molecule has 0 bridgehead atoms. The summed E-state index contributed by atoms with van der Waals surface area (Å²) in [7, 11) is 1.61. The number of carbonyl (C=O) groups excluding carboxylic acids is 2. The first-order chi connectivity index (χ1) is 18.4. The fourth-order valence-corrected chi connectivity index (χ4v) is 5.49. The standard InChI is InChI=1S/C28H27N5O4S/c1-5-37-27(34)24-17(3)25(19-6-9-22(23(13-19)36-4)33-14-16(2)30-15-33)38-26(24)32-28(35)31-20-7-8-21-18(12-20)10-11-29-21/h6-15,29H,5H2,1-4H3,(H2,31,32,35). The van der Waals surface area contributed by atoms with Gasteiger partial charge in [0.2, 0.25) is 0 Å². The predicted molar refractivity (Wildman–Crippen MR) is 150 cm³/mol. The highest BCUT2D eigenvalue weighted by Gasteiger charge is 2.25. The number of nitrogens with one attached hydrogen (secondary N) is 3. The number of methoxy groups -OCH3 is 1. The number of aromatic nitrogens is 3. The van der Waals surface area contributed by atoms with Crippen LogP contribution in [0.25, 0.3) is 27.0 Å². The van der Waals surface area contributed by atoms with Gasteiger partial charge < -0.3 is 24.3 Å². The molecule has 38 heavy (non-hydrogen) atoms. The number of hydrogen-bond acceptors (Lipinski definition) is 6. The summed E-state index contributed by atoms with van der Waals surface area (Å²) in [6, 6.07) is 12.9. The van der Waals surface area contributed by atoms with Crippen molar-refractivity contribution in [2.24, 2.45) is 0 Å². The molecule has 0 saturated carbocycles. The first-order valence-corrected chi connectivity index (χ1v) is 12.8. The average Bonchev–Trinajstić information content (AvgIpc) is 3.62. The van der Waals surface area contributed by atoms with Crippen molar-refractivity contribution in [3.8, 4) is 21.9 Å². The maximum Gasteiger partial charge on any atom is 0.341 e. The minimum absolute atomic E-state index is 0.221. The van der Waals surface area contributed by atoms with Gasteiger partial charge in [-0.3, -0.25) is 5.32 Å². The zero-order valence-electron chi connectivity index (χ0n) is 21.4. The number of benzene rings is 2. The molecular formula is C28H27N5O4S. The van der Waals surface area contributed by atoms with E-state index in [1.54, 1.807) is 20.4 Å². The van der Waals surface area contributed by atoms with Gasteiger partial charge in [-0.2, -0.15) is 0 Å². The minimum Gasteiger partial charge on any atom is -0.495 e. The molecule has 9 nitrogen and oxygen atoms in total. The maximum atomic E-state index is 12.9. The van der Waals surface area contributed by atoms with Crippen molar-refractivity contribution in [3.05, 3.63) is 78.0 Å².